The summed E-state index contributed by atoms with van der Waals surface area (Å²) in [6, 6.07) is -0.307. The second-order valence-electron chi connectivity index (χ2n) is 5.05. The summed E-state index contributed by atoms with van der Waals surface area (Å²) in [5.74, 6) is 0.117. The summed E-state index contributed by atoms with van der Waals surface area (Å²) in [5, 5.41) is 3.94. The van der Waals surface area contributed by atoms with Crippen LogP contribution in [0, 0.1) is 12.8 Å². The molecule has 1 aromatic rings. The fraction of sp³-hybridized carbons (Fsp3) is 0.750. The van der Waals surface area contributed by atoms with E-state index in [4.69, 9.17) is 10.5 Å². The van der Waals surface area contributed by atoms with Gasteiger partial charge in [0.1, 0.15) is 4.90 Å². The summed E-state index contributed by atoms with van der Waals surface area (Å²) < 4.78 is 34.4. The molecule has 1 rings (SSSR count). The zero-order valence-electron chi connectivity index (χ0n) is 12.7. The van der Waals surface area contributed by atoms with Gasteiger partial charge in [0.15, 0.2) is 5.82 Å². The molecule has 1 atom stereocenters. The molecule has 0 aliphatic rings. The van der Waals surface area contributed by atoms with Crippen molar-refractivity contribution in [1.29, 1.82) is 0 Å². The summed E-state index contributed by atoms with van der Waals surface area (Å²) in [5.41, 5.74) is 6.21. The van der Waals surface area contributed by atoms with Crippen LogP contribution >= 0.6 is 0 Å². The Labute approximate surface area is 120 Å². The molecule has 0 saturated heterocycles. The van der Waals surface area contributed by atoms with Crippen LogP contribution in [0.2, 0.25) is 0 Å². The van der Waals surface area contributed by atoms with Gasteiger partial charge in [0.25, 0.3) is 0 Å². The molecule has 20 heavy (non-hydrogen) atoms. The molecule has 0 aliphatic carbocycles. The van der Waals surface area contributed by atoms with E-state index in [-0.39, 0.29) is 22.7 Å². The summed E-state index contributed by atoms with van der Waals surface area (Å²) in [7, 11) is -2.06. The topological polar surface area (TPSA) is 99.2 Å². The number of hydrogen-bond acceptors (Lipinski definition) is 5. The summed E-state index contributed by atoms with van der Waals surface area (Å²) in [6.45, 7) is 8.28. The Morgan fingerprint density at radius 3 is 2.45 bits per heavy atom. The largest absolute Gasteiger partial charge is 0.381 e. The van der Waals surface area contributed by atoms with Gasteiger partial charge in [-0.05, 0) is 19.8 Å². The van der Waals surface area contributed by atoms with E-state index in [2.05, 4.69) is 9.82 Å². The smallest absolute Gasteiger partial charge is 0.246 e. The van der Waals surface area contributed by atoms with Gasteiger partial charge in [-0.25, -0.2) is 13.1 Å². The normalized spacial score (nSPS) is 13.9. The second kappa shape index (κ2) is 6.55. The minimum atomic E-state index is -3.71. The van der Waals surface area contributed by atoms with Crippen molar-refractivity contribution >= 4 is 15.8 Å². The standard InChI is InChI=1S/C12H24N4O3S/c1-6-19-7-10(8(2)3)15-20(17,18)11-9(4)16(5)14-12(11)13/h8,10,15H,6-7H2,1-5H3,(H2,13,14). The number of sulfonamides is 1. The fourth-order valence-electron chi connectivity index (χ4n) is 1.81. The third-order valence-electron chi connectivity index (χ3n) is 3.19. The molecule has 0 radical (unpaired) electrons. The maximum absolute atomic E-state index is 12.5. The minimum absolute atomic E-state index is 0.0106. The SMILES string of the molecule is CCOCC(NS(=O)(=O)c1c(N)nn(C)c1C)C(C)C. The zero-order valence-corrected chi connectivity index (χ0v) is 13.5. The van der Waals surface area contributed by atoms with Crippen molar-refractivity contribution in [2.24, 2.45) is 13.0 Å². The molecule has 0 aliphatic heterocycles. The molecule has 1 aromatic heterocycles. The van der Waals surface area contributed by atoms with Gasteiger partial charge < -0.3 is 10.5 Å². The van der Waals surface area contributed by atoms with Gasteiger partial charge in [-0.1, -0.05) is 13.8 Å². The Morgan fingerprint density at radius 2 is 2.05 bits per heavy atom. The van der Waals surface area contributed by atoms with Crippen molar-refractivity contribution in [3.63, 3.8) is 0 Å². The van der Waals surface area contributed by atoms with Gasteiger partial charge in [0.2, 0.25) is 10.0 Å². The summed E-state index contributed by atoms with van der Waals surface area (Å²) >= 11 is 0. The van der Waals surface area contributed by atoms with Gasteiger partial charge in [0.05, 0.1) is 12.3 Å². The number of rotatable bonds is 7. The molecule has 0 amide bonds. The van der Waals surface area contributed by atoms with Crippen LogP contribution in [0.15, 0.2) is 4.90 Å². The molecule has 0 aromatic carbocycles. The first-order chi connectivity index (χ1) is 9.20. The van der Waals surface area contributed by atoms with Gasteiger partial charge in [-0.2, -0.15) is 5.10 Å². The minimum Gasteiger partial charge on any atom is -0.381 e. The van der Waals surface area contributed by atoms with Crippen LogP contribution in [0.1, 0.15) is 26.5 Å². The lowest BCUT2D eigenvalue weighted by molar-refractivity contribution is 0.116. The first-order valence-corrected chi connectivity index (χ1v) is 8.08. The van der Waals surface area contributed by atoms with Crippen LogP contribution in [-0.2, 0) is 21.8 Å². The Hall–Kier alpha value is -1.12. The fourth-order valence-corrected chi connectivity index (χ4v) is 3.51. The number of nitrogens with one attached hydrogen (secondary N) is 1. The maximum atomic E-state index is 12.5. The van der Waals surface area contributed by atoms with E-state index < -0.39 is 10.0 Å². The molecular formula is C12H24N4O3S. The summed E-state index contributed by atoms with van der Waals surface area (Å²) in [4.78, 5) is 0.0437. The van der Waals surface area contributed by atoms with Gasteiger partial charge in [-0.3, -0.25) is 4.68 Å². The first-order valence-electron chi connectivity index (χ1n) is 6.59. The Balaban J connectivity index is 3.03. The first kappa shape index (κ1) is 16.9. The number of nitrogens with zero attached hydrogens (tertiary/aromatic N) is 2. The van der Waals surface area contributed by atoms with Crippen molar-refractivity contribution in [3.05, 3.63) is 5.69 Å². The van der Waals surface area contributed by atoms with E-state index in [0.717, 1.165) is 0 Å². The molecule has 0 bridgehead atoms. The van der Waals surface area contributed by atoms with Gasteiger partial charge in [-0.15, -0.1) is 0 Å². The van der Waals surface area contributed by atoms with Crippen LogP contribution < -0.4 is 10.5 Å². The number of anilines is 1. The molecule has 116 valence electrons. The Morgan fingerprint density at radius 1 is 1.45 bits per heavy atom. The molecular weight excluding hydrogens is 280 g/mol. The van der Waals surface area contributed by atoms with E-state index >= 15 is 0 Å². The monoisotopic (exact) mass is 304 g/mol. The molecule has 0 fully saturated rings. The number of aryl methyl sites for hydroxylation is 1. The predicted molar refractivity (Wildman–Crippen MR) is 77.8 cm³/mol. The Kier molecular flexibility index (Phi) is 5.55. The van der Waals surface area contributed by atoms with Crippen molar-refractivity contribution in [1.82, 2.24) is 14.5 Å². The molecule has 3 N–H and O–H groups in total. The number of nitrogens with two attached hydrogens (primary N) is 1. The maximum Gasteiger partial charge on any atom is 0.246 e. The number of nitrogen functional groups attached to an aromatic ring is 1. The van der Waals surface area contributed by atoms with E-state index in [9.17, 15) is 8.42 Å². The quantitative estimate of drug-likeness (QED) is 0.770. The molecule has 8 heteroatoms. The highest BCUT2D eigenvalue weighted by Crippen LogP contribution is 2.22. The number of hydrogen-bond donors (Lipinski definition) is 2. The highest BCUT2D eigenvalue weighted by Gasteiger charge is 2.28. The lowest BCUT2D eigenvalue weighted by Gasteiger charge is -2.22. The van der Waals surface area contributed by atoms with Crippen molar-refractivity contribution in [2.45, 2.75) is 38.6 Å². The molecule has 1 unspecified atom stereocenters. The van der Waals surface area contributed by atoms with Crippen LogP contribution in [0.3, 0.4) is 0 Å². The molecule has 0 saturated carbocycles. The molecule has 0 spiro atoms. The highest BCUT2D eigenvalue weighted by molar-refractivity contribution is 7.89. The third kappa shape index (κ3) is 3.71. The summed E-state index contributed by atoms with van der Waals surface area (Å²) in [6.07, 6.45) is 0. The van der Waals surface area contributed by atoms with Crippen LogP contribution in [0.25, 0.3) is 0 Å². The third-order valence-corrected chi connectivity index (χ3v) is 4.84. The lowest BCUT2D eigenvalue weighted by atomic mass is 10.1. The van der Waals surface area contributed by atoms with E-state index in [0.29, 0.717) is 18.9 Å². The van der Waals surface area contributed by atoms with Crippen molar-refractivity contribution < 1.29 is 13.2 Å². The van der Waals surface area contributed by atoms with E-state index in [1.54, 1.807) is 14.0 Å². The lowest BCUT2D eigenvalue weighted by Crippen LogP contribution is -2.42. The Bertz CT molecular complexity index is 551. The van der Waals surface area contributed by atoms with Crippen molar-refractivity contribution in [3.8, 4) is 0 Å². The average Bonchev–Trinajstić information content (AvgIpc) is 2.58. The second-order valence-corrected chi connectivity index (χ2v) is 6.71. The van der Waals surface area contributed by atoms with Gasteiger partial charge >= 0.3 is 0 Å². The highest BCUT2D eigenvalue weighted by atomic mass is 32.2. The van der Waals surface area contributed by atoms with Crippen molar-refractivity contribution in [2.75, 3.05) is 18.9 Å². The number of ether oxygens (including phenoxy) is 1. The number of aromatic nitrogens is 2. The average molecular weight is 304 g/mol. The predicted octanol–water partition coefficient (Wildman–Crippen LogP) is 0.650. The van der Waals surface area contributed by atoms with E-state index in [1.165, 1.54) is 4.68 Å². The zero-order chi connectivity index (χ0) is 15.5. The molecule has 1 heterocycles. The van der Waals surface area contributed by atoms with Crippen LogP contribution in [0.5, 0.6) is 0 Å². The molecule has 7 nitrogen and oxygen atoms in total. The van der Waals surface area contributed by atoms with Gasteiger partial charge in [0, 0.05) is 19.7 Å². The van der Waals surface area contributed by atoms with Crippen LogP contribution in [0.4, 0.5) is 5.82 Å². The van der Waals surface area contributed by atoms with E-state index in [1.807, 2.05) is 20.8 Å². The van der Waals surface area contributed by atoms with Crippen LogP contribution in [-0.4, -0.2) is 37.5 Å².